The van der Waals surface area contributed by atoms with E-state index >= 15 is 0 Å². The van der Waals surface area contributed by atoms with E-state index in [4.69, 9.17) is 0 Å². The Kier molecular flexibility index (Phi) is 4.60. The van der Waals surface area contributed by atoms with Gasteiger partial charge in [0.25, 0.3) is 0 Å². The van der Waals surface area contributed by atoms with Crippen LogP contribution >= 0.6 is 0 Å². The van der Waals surface area contributed by atoms with E-state index in [1.165, 1.54) is 25.7 Å². The van der Waals surface area contributed by atoms with Gasteiger partial charge in [0.1, 0.15) is 0 Å². The van der Waals surface area contributed by atoms with E-state index in [0.717, 1.165) is 32.5 Å². The van der Waals surface area contributed by atoms with Gasteiger partial charge in [0, 0.05) is 19.0 Å². The van der Waals surface area contributed by atoms with Gasteiger partial charge in [-0.1, -0.05) is 18.9 Å². The summed E-state index contributed by atoms with van der Waals surface area (Å²) in [5.41, 5.74) is 0. The van der Waals surface area contributed by atoms with Gasteiger partial charge in [0.15, 0.2) is 0 Å². The number of carbonyl (C=O) groups excluding carboxylic acids is 1. The SMILES string of the molecule is C=CCN(C(=O)CC1CCNC1)C1CCCC1. The molecule has 0 bridgehead atoms. The van der Waals surface area contributed by atoms with E-state index in [1.807, 2.05) is 6.08 Å². The van der Waals surface area contributed by atoms with Crippen molar-refractivity contribution in [3.05, 3.63) is 12.7 Å². The molecule has 1 unspecified atom stereocenters. The predicted molar refractivity (Wildman–Crippen MR) is 69.8 cm³/mol. The normalized spacial score (nSPS) is 25.1. The molecule has 1 N–H and O–H groups in total. The lowest BCUT2D eigenvalue weighted by atomic mass is 10.0. The van der Waals surface area contributed by atoms with Crippen molar-refractivity contribution in [3.8, 4) is 0 Å². The molecule has 17 heavy (non-hydrogen) atoms. The maximum absolute atomic E-state index is 12.3. The molecule has 1 saturated heterocycles. The van der Waals surface area contributed by atoms with Gasteiger partial charge in [-0.2, -0.15) is 0 Å². The third kappa shape index (κ3) is 3.32. The van der Waals surface area contributed by atoms with Crippen molar-refractivity contribution >= 4 is 5.91 Å². The molecule has 2 fully saturated rings. The first-order chi connectivity index (χ1) is 8.31. The molecule has 2 rings (SSSR count). The number of carbonyl (C=O) groups is 1. The highest BCUT2D eigenvalue weighted by Crippen LogP contribution is 2.25. The maximum atomic E-state index is 12.3. The zero-order valence-corrected chi connectivity index (χ0v) is 10.7. The Morgan fingerprint density at radius 3 is 2.71 bits per heavy atom. The maximum Gasteiger partial charge on any atom is 0.223 e. The van der Waals surface area contributed by atoms with Crippen molar-refractivity contribution in [2.24, 2.45) is 5.92 Å². The number of hydrogen-bond donors (Lipinski definition) is 1. The molecule has 1 aliphatic carbocycles. The topological polar surface area (TPSA) is 32.3 Å². The molecule has 1 atom stereocenters. The molecule has 1 amide bonds. The molecule has 0 aromatic heterocycles. The first kappa shape index (κ1) is 12.6. The minimum atomic E-state index is 0.338. The van der Waals surface area contributed by atoms with Gasteiger partial charge < -0.3 is 10.2 Å². The molecular formula is C14H24N2O. The molecule has 0 spiro atoms. The quantitative estimate of drug-likeness (QED) is 0.740. The number of nitrogens with zero attached hydrogens (tertiary/aromatic N) is 1. The highest BCUT2D eigenvalue weighted by molar-refractivity contribution is 5.77. The van der Waals surface area contributed by atoms with Crippen LogP contribution in [0.1, 0.15) is 38.5 Å². The van der Waals surface area contributed by atoms with Crippen LogP contribution in [0.25, 0.3) is 0 Å². The molecule has 2 aliphatic rings. The van der Waals surface area contributed by atoms with Gasteiger partial charge in [0.2, 0.25) is 5.91 Å². The Bertz CT molecular complexity index is 265. The highest BCUT2D eigenvalue weighted by Gasteiger charge is 2.28. The van der Waals surface area contributed by atoms with Gasteiger partial charge >= 0.3 is 0 Å². The second-order valence-electron chi connectivity index (χ2n) is 5.34. The van der Waals surface area contributed by atoms with Gasteiger partial charge in [0.05, 0.1) is 0 Å². The lowest BCUT2D eigenvalue weighted by molar-refractivity contribution is -0.133. The Balaban J connectivity index is 1.89. The summed E-state index contributed by atoms with van der Waals surface area (Å²) in [6.07, 6.45) is 8.65. The first-order valence-corrected chi connectivity index (χ1v) is 6.92. The largest absolute Gasteiger partial charge is 0.336 e. The molecule has 0 aromatic carbocycles. The lowest BCUT2D eigenvalue weighted by Crippen LogP contribution is -2.39. The fourth-order valence-corrected chi connectivity index (χ4v) is 3.06. The summed E-state index contributed by atoms with van der Waals surface area (Å²) >= 11 is 0. The molecule has 0 radical (unpaired) electrons. The Morgan fingerprint density at radius 1 is 1.35 bits per heavy atom. The van der Waals surface area contributed by atoms with Crippen molar-refractivity contribution < 1.29 is 4.79 Å². The van der Waals surface area contributed by atoms with Crippen LogP contribution in [-0.4, -0.2) is 36.5 Å². The van der Waals surface area contributed by atoms with Gasteiger partial charge in [-0.05, 0) is 38.3 Å². The van der Waals surface area contributed by atoms with Crippen LogP contribution < -0.4 is 5.32 Å². The Labute approximate surface area is 104 Å². The smallest absolute Gasteiger partial charge is 0.223 e. The van der Waals surface area contributed by atoms with Crippen LogP contribution in [0, 0.1) is 5.92 Å². The van der Waals surface area contributed by atoms with E-state index in [0.29, 0.717) is 17.9 Å². The Hall–Kier alpha value is -0.830. The van der Waals surface area contributed by atoms with Crippen molar-refractivity contribution in [1.29, 1.82) is 0 Å². The van der Waals surface area contributed by atoms with E-state index in [1.54, 1.807) is 0 Å². The van der Waals surface area contributed by atoms with E-state index < -0.39 is 0 Å². The zero-order chi connectivity index (χ0) is 12.1. The van der Waals surface area contributed by atoms with Crippen LogP contribution in [0.15, 0.2) is 12.7 Å². The standard InChI is InChI=1S/C14H24N2O/c1-2-9-16(13-5-3-4-6-13)14(17)10-12-7-8-15-11-12/h2,12-13,15H,1,3-11H2. The lowest BCUT2D eigenvalue weighted by Gasteiger charge is -2.28. The first-order valence-electron chi connectivity index (χ1n) is 6.92. The minimum Gasteiger partial charge on any atom is -0.336 e. The number of hydrogen-bond acceptors (Lipinski definition) is 2. The van der Waals surface area contributed by atoms with Crippen LogP contribution in [0.2, 0.25) is 0 Å². The average Bonchev–Trinajstić information content (AvgIpc) is 2.97. The Morgan fingerprint density at radius 2 is 2.12 bits per heavy atom. The number of nitrogens with one attached hydrogen (secondary N) is 1. The third-order valence-corrected chi connectivity index (χ3v) is 4.04. The van der Waals surface area contributed by atoms with Gasteiger partial charge in [-0.3, -0.25) is 4.79 Å². The molecule has 1 heterocycles. The average molecular weight is 236 g/mol. The fraction of sp³-hybridized carbons (Fsp3) is 0.786. The predicted octanol–water partition coefficient (Wildman–Crippen LogP) is 1.94. The molecule has 96 valence electrons. The van der Waals surface area contributed by atoms with Crippen molar-refractivity contribution in [1.82, 2.24) is 10.2 Å². The van der Waals surface area contributed by atoms with E-state index in [9.17, 15) is 4.79 Å². The van der Waals surface area contributed by atoms with Gasteiger partial charge in [-0.15, -0.1) is 6.58 Å². The van der Waals surface area contributed by atoms with Crippen molar-refractivity contribution in [2.75, 3.05) is 19.6 Å². The second kappa shape index (κ2) is 6.20. The third-order valence-electron chi connectivity index (χ3n) is 4.04. The van der Waals surface area contributed by atoms with Crippen LogP contribution in [0.3, 0.4) is 0 Å². The number of amides is 1. The summed E-state index contributed by atoms with van der Waals surface area (Å²) in [7, 11) is 0. The van der Waals surface area contributed by atoms with Gasteiger partial charge in [-0.25, -0.2) is 0 Å². The summed E-state index contributed by atoms with van der Waals surface area (Å²) in [5.74, 6) is 0.890. The van der Waals surface area contributed by atoms with E-state index in [-0.39, 0.29) is 0 Å². The molecule has 1 saturated carbocycles. The van der Waals surface area contributed by atoms with Crippen molar-refractivity contribution in [3.63, 3.8) is 0 Å². The zero-order valence-electron chi connectivity index (χ0n) is 10.7. The summed E-state index contributed by atoms with van der Waals surface area (Å²) in [5, 5.41) is 3.33. The van der Waals surface area contributed by atoms with Crippen LogP contribution in [0.5, 0.6) is 0 Å². The van der Waals surface area contributed by atoms with Crippen LogP contribution in [-0.2, 0) is 4.79 Å². The molecule has 0 aromatic rings. The summed E-state index contributed by atoms with van der Waals surface area (Å²) in [6, 6.07) is 0.481. The summed E-state index contributed by atoms with van der Waals surface area (Å²) < 4.78 is 0. The fourth-order valence-electron chi connectivity index (χ4n) is 3.06. The summed E-state index contributed by atoms with van der Waals surface area (Å²) in [4.78, 5) is 14.4. The van der Waals surface area contributed by atoms with Crippen LogP contribution in [0.4, 0.5) is 0 Å². The molecule has 1 aliphatic heterocycles. The highest BCUT2D eigenvalue weighted by atomic mass is 16.2. The molecule has 3 heteroatoms. The van der Waals surface area contributed by atoms with E-state index in [2.05, 4.69) is 16.8 Å². The summed E-state index contributed by atoms with van der Waals surface area (Å²) in [6.45, 7) is 6.59. The molecule has 3 nitrogen and oxygen atoms in total. The number of rotatable bonds is 5. The monoisotopic (exact) mass is 236 g/mol. The molecular weight excluding hydrogens is 212 g/mol. The minimum absolute atomic E-state index is 0.338. The second-order valence-corrected chi connectivity index (χ2v) is 5.34. The van der Waals surface area contributed by atoms with Crippen molar-refractivity contribution in [2.45, 2.75) is 44.6 Å².